The minimum Gasteiger partial charge on any atom is -0.389 e. The van der Waals surface area contributed by atoms with E-state index in [9.17, 15) is 4.79 Å². The number of benzene rings is 2. The summed E-state index contributed by atoms with van der Waals surface area (Å²) in [5, 5.41) is 3.32. The van der Waals surface area contributed by atoms with E-state index in [1.165, 1.54) is 0 Å². The van der Waals surface area contributed by atoms with Crippen LogP contribution >= 0.6 is 35.4 Å². The van der Waals surface area contributed by atoms with Crippen LogP contribution in [0.25, 0.3) is 0 Å². The maximum Gasteiger partial charge on any atom is 0.258 e. The average molecular weight is 325 g/mol. The van der Waals surface area contributed by atoms with E-state index in [1.54, 1.807) is 42.5 Å². The number of rotatable bonds is 3. The van der Waals surface area contributed by atoms with Gasteiger partial charge < -0.3 is 11.1 Å². The van der Waals surface area contributed by atoms with E-state index in [4.69, 9.17) is 41.2 Å². The van der Waals surface area contributed by atoms with Gasteiger partial charge in [0.1, 0.15) is 4.99 Å². The Labute approximate surface area is 131 Å². The van der Waals surface area contributed by atoms with Crippen LogP contribution < -0.4 is 11.1 Å². The summed E-state index contributed by atoms with van der Waals surface area (Å²) in [5.41, 5.74) is 7.08. The molecule has 0 spiro atoms. The molecule has 2 aromatic carbocycles. The smallest absolute Gasteiger partial charge is 0.258 e. The zero-order valence-electron chi connectivity index (χ0n) is 10.2. The number of hydrogen-bond donors (Lipinski definition) is 2. The number of hydrogen-bond acceptors (Lipinski definition) is 2. The van der Waals surface area contributed by atoms with Gasteiger partial charge in [0.25, 0.3) is 5.91 Å². The molecule has 0 bridgehead atoms. The van der Waals surface area contributed by atoms with Gasteiger partial charge in [-0.15, -0.1) is 0 Å². The van der Waals surface area contributed by atoms with Gasteiger partial charge in [-0.2, -0.15) is 0 Å². The molecule has 0 saturated carbocycles. The van der Waals surface area contributed by atoms with E-state index in [0.29, 0.717) is 20.7 Å². The molecular weight excluding hydrogens is 315 g/mol. The monoisotopic (exact) mass is 324 g/mol. The van der Waals surface area contributed by atoms with Crippen molar-refractivity contribution in [2.75, 3.05) is 5.32 Å². The SMILES string of the molecule is NC(=S)c1ccc(NC(=O)c2c(Cl)cccc2Cl)cc1. The van der Waals surface area contributed by atoms with Gasteiger partial charge in [-0.05, 0) is 36.4 Å². The van der Waals surface area contributed by atoms with Crippen molar-refractivity contribution >= 4 is 52.0 Å². The largest absolute Gasteiger partial charge is 0.389 e. The predicted molar refractivity (Wildman–Crippen MR) is 86.7 cm³/mol. The molecule has 0 fully saturated rings. The minimum absolute atomic E-state index is 0.245. The van der Waals surface area contributed by atoms with Crippen molar-refractivity contribution in [1.29, 1.82) is 0 Å². The highest BCUT2D eigenvalue weighted by atomic mass is 35.5. The molecule has 3 N–H and O–H groups in total. The predicted octanol–water partition coefficient (Wildman–Crippen LogP) is 3.88. The maximum absolute atomic E-state index is 12.1. The first-order valence-electron chi connectivity index (χ1n) is 5.64. The van der Waals surface area contributed by atoms with Crippen LogP contribution in [0, 0.1) is 0 Å². The lowest BCUT2D eigenvalue weighted by molar-refractivity contribution is 0.102. The van der Waals surface area contributed by atoms with Crippen molar-refractivity contribution < 1.29 is 4.79 Å². The molecular formula is C14H10Cl2N2OS. The highest BCUT2D eigenvalue weighted by Crippen LogP contribution is 2.25. The van der Waals surface area contributed by atoms with Crippen molar-refractivity contribution in [2.45, 2.75) is 0 Å². The molecule has 0 aromatic heterocycles. The summed E-state index contributed by atoms with van der Waals surface area (Å²) in [7, 11) is 0. The van der Waals surface area contributed by atoms with Gasteiger partial charge in [-0.1, -0.05) is 41.5 Å². The third-order valence-corrected chi connectivity index (χ3v) is 3.48. The quantitative estimate of drug-likeness (QED) is 0.842. The third-order valence-electron chi connectivity index (χ3n) is 2.62. The van der Waals surface area contributed by atoms with Crippen molar-refractivity contribution in [3.63, 3.8) is 0 Å². The fourth-order valence-electron chi connectivity index (χ4n) is 1.63. The molecule has 2 rings (SSSR count). The Morgan fingerprint density at radius 3 is 2.10 bits per heavy atom. The summed E-state index contributed by atoms with van der Waals surface area (Å²) in [5.74, 6) is -0.372. The van der Waals surface area contributed by atoms with Gasteiger partial charge in [0.15, 0.2) is 0 Å². The van der Waals surface area contributed by atoms with Gasteiger partial charge >= 0.3 is 0 Å². The number of carbonyl (C=O) groups excluding carboxylic acids is 1. The molecule has 2 aromatic rings. The van der Waals surface area contributed by atoms with Crippen LogP contribution in [-0.2, 0) is 0 Å². The van der Waals surface area contributed by atoms with E-state index in [2.05, 4.69) is 5.32 Å². The van der Waals surface area contributed by atoms with Crippen molar-refractivity contribution in [1.82, 2.24) is 0 Å². The molecule has 0 atom stereocenters. The molecule has 0 aliphatic carbocycles. The normalized spacial score (nSPS) is 10.1. The lowest BCUT2D eigenvalue weighted by Crippen LogP contribution is -2.14. The number of halogens is 2. The van der Waals surface area contributed by atoms with Crippen molar-refractivity contribution in [2.24, 2.45) is 5.73 Å². The van der Waals surface area contributed by atoms with E-state index in [-0.39, 0.29) is 11.5 Å². The Morgan fingerprint density at radius 1 is 1.05 bits per heavy atom. The number of amides is 1. The summed E-state index contributed by atoms with van der Waals surface area (Å²) in [6.07, 6.45) is 0. The molecule has 3 nitrogen and oxygen atoms in total. The molecule has 0 saturated heterocycles. The van der Waals surface area contributed by atoms with Crippen LogP contribution in [0.3, 0.4) is 0 Å². The number of nitrogens with two attached hydrogens (primary N) is 1. The van der Waals surface area contributed by atoms with Crippen molar-refractivity contribution in [3.05, 3.63) is 63.6 Å². The molecule has 0 aliphatic heterocycles. The minimum atomic E-state index is -0.372. The van der Waals surface area contributed by atoms with Crippen LogP contribution in [0.15, 0.2) is 42.5 Å². The molecule has 0 aliphatic rings. The highest BCUT2D eigenvalue weighted by Gasteiger charge is 2.14. The molecule has 6 heteroatoms. The lowest BCUT2D eigenvalue weighted by atomic mass is 10.2. The Bertz CT molecular complexity index is 651. The average Bonchev–Trinajstić information content (AvgIpc) is 2.39. The van der Waals surface area contributed by atoms with Crippen LogP contribution in [-0.4, -0.2) is 10.9 Å². The highest BCUT2D eigenvalue weighted by molar-refractivity contribution is 7.80. The van der Waals surface area contributed by atoms with Gasteiger partial charge in [0.2, 0.25) is 0 Å². The Kier molecular flexibility index (Phi) is 4.60. The Balaban J connectivity index is 2.21. The number of nitrogens with one attached hydrogen (secondary N) is 1. The van der Waals surface area contributed by atoms with Gasteiger partial charge in [0.05, 0.1) is 15.6 Å². The fourth-order valence-corrected chi connectivity index (χ4v) is 2.33. The van der Waals surface area contributed by atoms with Crippen LogP contribution in [0.2, 0.25) is 10.0 Å². The van der Waals surface area contributed by atoms with Gasteiger partial charge in [-0.3, -0.25) is 4.79 Å². The number of anilines is 1. The molecule has 0 heterocycles. The van der Waals surface area contributed by atoms with Crippen LogP contribution in [0.5, 0.6) is 0 Å². The first-order chi connectivity index (χ1) is 9.49. The van der Waals surface area contributed by atoms with E-state index in [0.717, 1.165) is 5.56 Å². The topological polar surface area (TPSA) is 55.1 Å². The number of carbonyl (C=O) groups is 1. The molecule has 0 radical (unpaired) electrons. The number of thiocarbonyl (C=S) groups is 1. The summed E-state index contributed by atoms with van der Waals surface area (Å²) >= 11 is 16.8. The second-order valence-electron chi connectivity index (χ2n) is 3.99. The molecule has 0 unspecified atom stereocenters. The second-order valence-corrected chi connectivity index (χ2v) is 5.25. The first kappa shape index (κ1) is 14.8. The first-order valence-corrected chi connectivity index (χ1v) is 6.80. The Hall–Kier alpha value is -1.62. The zero-order valence-corrected chi connectivity index (χ0v) is 12.5. The summed E-state index contributed by atoms with van der Waals surface area (Å²) in [6.45, 7) is 0. The fraction of sp³-hybridized carbons (Fsp3) is 0. The molecule has 20 heavy (non-hydrogen) atoms. The maximum atomic E-state index is 12.1. The van der Waals surface area contributed by atoms with Gasteiger partial charge in [-0.25, -0.2) is 0 Å². The molecule has 1 amide bonds. The van der Waals surface area contributed by atoms with E-state index >= 15 is 0 Å². The zero-order chi connectivity index (χ0) is 14.7. The van der Waals surface area contributed by atoms with Crippen LogP contribution in [0.1, 0.15) is 15.9 Å². The van der Waals surface area contributed by atoms with Crippen LogP contribution in [0.4, 0.5) is 5.69 Å². The third kappa shape index (κ3) is 3.28. The van der Waals surface area contributed by atoms with E-state index in [1.807, 2.05) is 0 Å². The van der Waals surface area contributed by atoms with E-state index < -0.39 is 0 Å². The van der Waals surface area contributed by atoms with Crippen molar-refractivity contribution in [3.8, 4) is 0 Å². The standard InChI is InChI=1S/C14H10Cl2N2OS/c15-10-2-1-3-11(16)12(10)14(19)18-9-6-4-8(5-7-9)13(17)20/h1-7H,(H2,17,20)(H,18,19). The summed E-state index contributed by atoms with van der Waals surface area (Å²) in [4.78, 5) is 12.4. The second kappa shape index (κ2) is 6.22. The Morgan fingerprint density at radius 2 is 1.60 bits per heavy atom. The molecule has 102 valence electrons. The summed E-state index contributed by atoms with van der Waals surface area (Å²) in [6, 6.07) is 11.8. The lowest BCUT2D eigenvalue weighted by Gasteiger charge is -2.09. The summed E-state index contributed by atoms with van der Waals surface area (Å²) < 4.78 is 0. The van der Waals surface area contributed by atoms with Gasteiger partial charge in [0, 0.05) is 11.3 Å².